The number of hydrogen-bond donors (Lipinski definition) is 3. The van der Waals surface area contributed by atoms with Crippen LogP contribution in [0.3, 0.4) is 0 Å². The molecule has 270 valence electrons. The van der Waals surface area contributed by atoms with E-state index in [1.807, 2.05) is 67.6 Å². The Morgan fingerprint density at radius 1 is 0.887 bits per heavy atom. The molecule has 5 aromatic rings. The molecule has 0 fully saturated rings. The van der Waals surface area contributed by atoms with E-state index >= 15 is 0 Å². The number of esters is 1. The summed E-state index contributed by atoms with van der Waals surface area (Å²) >= 11 is 2.80. The number of benzene rings is 4. The molecule has 0 radical (unpaired) electrons. The molecule has 3 N–H and O–H groups in total. The Balaban J connectivity index is 1.15. The van der Waals surface area contributed by atoms with Crippen molar-refractivity contribution in [3.8, 4) is 0 Å². The van der Waals surface area contributed by atoms with Gasteiger partial charge in [-0.1, -0.05) is 91.9 Å². The minimum Gasteiger partial charge on any atom is -0.465 e. The molecule has 11 heteroatoms. The molecule has 4 aromatic carbocycles. The zero-order valence-corrected chi connectivity index (χ0v) is 31.1. The van der Waals surface area contributed by atoms with Crippen molar-refractivity contribution in [2.75, 3.05) is 24.3 Å². The molecule has 0 spiro atoms. The highest BCUT2D eigenvalue weighted by molar-refractivity contribution is 8.00. The summed E-state index contributed by atoms with van der Waals surface area (Å²) in [4.78, 5) is 57.5. The summed E-state index contributed by atoms with van der Waals surface area (Å²) in [6.45, 7) is 4.20. The van der Waals surface area contributed by atoms with Crippen molar-refractivity contribution in [1.82, 2.24) is 10.2 Å². The van der Waals surface area contributed by atoms with Crippen LogP contribution in [0, 0.1) is 0 Å². The second kappa shape index (κ2) is 17.8. The monoisotopic (exact) mass is 744 g/mol. The van der Waals surface area contributed by atoms with Crippen molar-refractivity contribution in [2.45, 2.75) is 43.0 Å². The lowest BCUT2D eigenvalue weighted by Gasteiger charge is -2.27. The largest absolute Gasteiger partial charge is 0.465 e. The minimum absolute atomic E-state index is 0.0807. The molecule has 0 bridgehead atoms. The number of hydrogen-bond acceptors (Lipinski definition) is 8. The van der Waals surface area contributed by atoms with Crippen LogP contribution in [-0.4, -0.2) is 47.5 Å². The predicted molar refractivity (Wildman–Crippen MR) is 212 cm³/mol. The van der Waals surface area contributed by atoms with Gasteiger partial charge in [-0.15, -0.1) is 23.1 Å². The maximum atomic E-state index is 13.8. The van der Waals surface area contributed by atoms with E-state index in [1.54, 1.807) is 48.5 Å². The van der Waals surface area contributed by atoms with Crippen LogP contribution >= 0.6 is 23.1 Å². The van der Waals surface area contributed by atoms with E-state index in [0.29, 0.717) is 41.2 Å². The predicted octanol–water partition coefficient (Wildman–Crippen LogP) is 8.01. The van der Waals surface area contributed by atoms with Gasteiger partial charge in [-0.2, -0.15) is 0 Å². The first-order valence-electron chi connectivity index (χ1n) is 17.3. The van der Waals surface area contributed by atoms with Crippen LogP contribution in [0.25, 0.3) is 6.08 Å². The van der Waals surface area contributed by atoms with Crippen molar-refractivity contribution in [1.29, 1.82) is 0 Å². The average molecular weight is 745 g/mol. The molecule has 9 nitrogen and oxygen atoms in total. The fourth-order valence-corrected chi connectivity index (χ4v) is 8.32. The summed E-state index contributed by atoms with van der Waals surface area (Å²) in [5, 5.41) is 8.74. The number of carbonyl (C=O) groups is 4. The molecule has 0 saturated carbocycles. The molecule has 1 aliphatic heterocycles. The molecule has 0 aliphatic carbocycles. The maximum absolute atomic E-state index is 13.8. The number of carbonyl (C=O) groups excluding carboxylic acids is 4. The first-order valence-corrected chi connectivity index (χ1v) is 19.0. The third kappa shape index (κ3) is 9.69. The first-order chi connectivity index (χ1) is 25.8. The van der Waals surface area contributed by atoms with Crippen molar-refractivity contribution >= 4 is 63.6 Å². The van der Waals surface area contributed by atoms with Crippen molar-refractivity contribution in [3.05, 3.63) is 154 Å². The fraction of sp³-hybridized carbons (Fsp3) is 0.190. The van der Waals surface area contributed by atoms with Crippen molar-refractivity contribution < 1.29 is 23.9 Å². The van der Waals surface area contributed by atoms with Gasteiger partial charge in [0.05, 0.1) is 17.9 Å². The van der Waals surface area contributed by atoms with Gasteiger partial charge in [0.15, 0.2) is 0 Å². The Morgan fingerprint density at radius 3 is 2.28 bits per heavy atom. The zero-order chi connectivity index (χ0) is 37.2. The number of ether oxygens (including phenoxy) is 1. The standard InChI is InChI=1S/C42H40N4O5S2/c1-3-35(40(49)45-41-37(42(50)51-2)33-22-23-46(27-36(33)53-41)26-29-16-9-5-10-17-29)52-32-21-13-20-31(25-32)43-39(48)34(24-28-14-7-4-8-15-28)44-38(47)30-18-11-6-12-19-30/h4-21,24-25,35H,3,22-23,26-27H2,1-2H3,(H,43,48)(H,44,47)(H,45,49)/b34-24-. The Labute approximate surface area is 317 Å². The van der Waals surface area contributed by atoms with Crippen LogP contribution in [0.1, 0.15) is 55.6 Å². The lowest BCUT2D eigenvalue weighted by atomic mass is 10.0. The molecule has 53 heavy (non-hydrogen) atoms. The second-order valence-corrected chi connectivity index (χ2v) is 14.8. The number of rotatable bonds is 13. The molecule has 0 saturated heterocycles. The number of fused-ring (bicyclic) bond motifs is 1. The van der Waals surface area contributed by atoms with Gasteiger partial charge in [-0.25, -0.2) is 4.79 Å². The Hall–Kier alpha value is -5.49. The molecule has 1 aliphatic rings. The highest BCUT2D eigenvalue weighted by Gasteiger charge is 2.30. The SMILES string of the molecule is CCC(Sc1cccc(NC(=O)/C(=C/c2ccccc2)NC(=O)c2ccccc2)c1)C(=O)Nc1sc2c(c1C(=O)OC)CCN(Cc1ccccc1)C2. The molecule has 6 rings (SSSR count). The van der Waals surface area contributed by atoms with Gasteiger partial charge in [-0.05, 0) is 65.9 Å². The van der Waals surface area contributed by atoms with E-state index in [9.17, 15) is 19.2 Å². The van der Waals surface area contributed by atoms with E-state index in [0.717, 1.165) is 34.0 Å². The lowest BCUT2D eigenvalue weighted by Crippen LogP contribution is -2.30. The number of thiophene rings is 1. The molecule has 1 unspecified atom stereocenters. The molecule has 2 heterocycles. The zero-order valence-electron chi connectivity index (χ0n) is 29.5. The molecule has 1 aromatic heterocycles. The van der Waals surface area contributed by atoms with Gasteiger partial charge in [0, 0.05) is 40.7 Å². The van der Waals surface area contributed by atoms with Crippen LogP contribution < -0.4 is 16.0 Å². The van der Waals surface area contributed by atoms with Gasteiger partial charge in [0.2, 0.25) is 5.91 Å². The van der Waals surface area contributed by atoms with E-state index in [2.05, 4.69) is 33.0 Å². The van der Waals surface area contributed by atoms with Crippen LogP contribution in [0.15, 0.2) is 126 Å². The molecular weight excluding hydrogens is 705 g/mol. The maximum Gasteiger partial charge on any atom is 0.341 e. The van der Waals surface area contributed by atoms with E-state index in [1.165, 1.54) is 35.8 Å². The normalized spacial score (nSPS) is 13.4. The summed E-state index contributed by atoms with van der Waals surface area (Å²) in [6.07, 6.45) is 2.83. The summed E-state index contributed by atoms with van der Waals surface area (Å²) in [5.74, 6) is -1.59. The van der Waals surface area contributed by atoms with Crippen molar-refractivity contribution in [3.63, 3.8) is 0 Å². The summed E-state index contributed by atoms with van der Waals surface area (Å²) < 4.78 is 5.16. The molecule has 1 atom stereocenters. The Morgan fingerprint density at radius 2 is 1.58 bits per heavy atom. The highest BCUT2D eigenvalue weighted by Crippen LogP contribution is 2.39. The van der Waals surface area contributed by atoms with E-state index < -0.39 is 23.0 Å². The smallest absolute Gasteiger partial charge is 0.341 e. The Bertz CT molecular complexity index is 2100. The topological polar surface area (TPSA) is 117 Å². The van der Waals surface area contributed by atoms with Gasteiger partial charge >= 0.3 is 5.97 Å². The van der Waals surface area contributed by atoms with Gasteiger partial charge < -0.3 is 20.7 Å². The van der Waals surface area contributed by atoms with E-state index in [-0.39, 0.29) is 11.6 Å². The highest BCUT2D eigenvalue weighted by atomic mass is 32.2. The van der Waals surface area contributed by atoms with Gasteiger partial charge in [-0.3, -0.25) is 19.3 Å². The number of anilines is 2. The number of methoxy groups -OCH3 is 1. The van der Waals surface area contributed by atoms with Gasteiger partial charge in [0.1, 0.15) is 10.7 Å². The van der Waals surface area contributed by atoms with Gasteiger partial charge in [0.25, 0.3) is 11.8 Å². The lowest BCUT2D eigenvalue weighted by molar-refractivity contribution is -0.116. The minimum atomic E-state index is -0.496. The second-order valence-electron chi connectivity index (χ2n) is 12.4. The van der Waals surface area contributed by atoms with Crippen LogP contribution in [0.5, 0.6) is 0 Å². The molecule has 3 amide bonds. The third-order valence-corrected chi connectivity index (χ3v) is 11.2. The number of amides is 3. The fourth-order valence-electron chi connectivity index (χ4n) is 6.02. The summed E-state index contributed by atoms with van der Waals surface area (Å²) in [7, 11) is 1.36. The summed E-state index contributed by atoms with van der Waals surface area (Å²) in [6, 6.07) is 35.5. The van der Waals surface area contributed by atoms with Crippen molar-refractivity contribution in [2.24, 2.45) is 0 Å². The first kappa shape index (κ1) is 37.3. The van der Waals surface area contributed by atoms with Crippen LogP contribution in [0.4, 0.5) is 10.7 Å². The number of nitrogens with zero attached hydrogens (tertiary/aromatic N) is 1. The Kier molecular flexibility index (Phi) is 12.5. The average Bonchev–Trinajstić information content (AvgIpc) is 3.54. The quantitative estimate of drug-likeness (QED) is 0.0636. The third-order valence-electron chi connectivity index (χ3n) is 8.68. The molecular formula is C42H40N4O5S2. The number of nitrogens with one attached hydrogen (secondary N) is 3. The van der Waals surface area contributed by atoms with Crippen LogP contribution in [-0.2, 0) is 33.8 Å². The summed E-state index contributed by atoms with van der Waals surface area (Å²) in [5.41, 5.74) is 4.35. The van der Waals surface area contributed by atoms with E-state index in [4.69, 9.17) is 4.74 Å². The van der Waals surface area contributed by atoms with Crippen LogP contribution in [0.2, 0.25) is 0 Å². The number of thioether (sulfide) groups is 1.